The number of rotatable bonds is 3. The van der Waals surface area contributed by atoms with Gasteiger partial charge >= 0.3 is 5.97 Å². The number of aliphatic carboxylic acids is 1. The van der Waals surface area contributed by atoms with Gasteiger partial charge in [0.1, 0.15) is 6.04 Å². The van der Waals surface area contributed by atoms with Crippen LogP contribution in [0, 0.1) is 5.92 Å². The van der Waals surface area contributed by atoms with Crippen LogP contribution in [0.2, 0.25) is 0 Å². The number of amides is 1. The maximum absolute atomic E-state index is 12.2. The van der Waals surface area contributed by atoms with E-state index in [0.717, 1.165) is 5.56 Å². The average Bonchev–Trinajstić information content (AvgIpc) is 2.46. The highest BCUT2D eigenvalue weighted by Gasteiger charge is 2.29. The number of nitrogens with zero attached hydrogens (tertiary/aromatic N) is 1. The van der Waals surface area contributed by atoms with Gasteiger partial charge in [0, 0.05) is 13.1 Å². The van der Waals surface area contributed by atoms with Crippen molar-refractivity contribution in [3.63, 3.8) is 0 Å². The minimum Gasteiger partial charge on any atom is -0.481 e. The first-order chi connectivity index (χ1) is 9.09. The van der Waals surface area contributed by atoms with Gasteiger partial charge in [0.2, 0.25) is 5.91 Å². The lowest BCUT2D eigenvalue weighted by Crippen LogP contribution is -2.44. The van der Waals surface area contributed by atoms with E-state index < -0.39 is 12.0 Å². The van der Waals surface area contributed by atoms with Gasteiger partial charge in [-0.3, -0.25) is 9.59 Å². The zero-order chi connectivity index (χ0) is 13.8. The van der Waals surface area contributed by atoms with Crippen LogP contribution in [0.3, 0.4) is 0 Å². The zero-order valence-electron chi connectivity index (χ0n) is 10.7. The Morgan fingerprint density at radius 3 is 2.32 bits per heavy atom. The number of benzene rings is 1. The second-order valence-corrected chi connectivity index (χ2v) is 4.83. The minimum atomic E-state index is -0.778. The van der Waals surface area contributed by atoms with Crippen molar-refractivity contribution < 1.29 is 14.7 Å². The number of hydrogen-bond donors (Lipinski definition) is 2. The van der Waals surface area contributed by atoms with Gasteiger partial charge < -0.3 is 15.7 Å². The number of nitrogens with two attached hydrogens (primary N) is 1. The van der Waals surface area contributed by atoms with Gasteiger partial charge in [0.25, 0.3) is 0 Å². The number of carboxylic acids is 1. The summed E-state index contributed by atoms with van der Waals surface area (Å²) < 4.78 is 0. The third kappa shape index (κ3) is 3.12. The summed E-state index contributed by atoms with van der Waals surface area (Å²) in [5.41, 5.74) is 6.74. The Morgan fingerprint density at radius 2 is 1.79 bits per heavy atom. The van der Waals surface area contributed by atoms with Crippen molar-refractivity contribution in [3.05, 3.63) is 35.9 Å². The van der Waals surface area contributed by atoms with Crippen molar-refractivity contribution in [2.75, 3.05) is 13.1 Å². The normalized spacial score (nSPS) is 18.1. The maximum Gasteiger partial charge on any atom is 0.306 e. The second kappa shape index (κ2) is 5.84. The smallest absolute Gasteiger partial charge is 0.306 e. The van der Waals surface area contributed by atoms with Crippen LogP contribution in [0.25, 0.3) is 0 Å². The Bertz CT molecular complexity index is 453. The SMILES string of the molecule is N[C@H](C(=O)N1CCC(C(=O)O)CC1)c1ccccc1. The van der Waals surface area contributed by atoms with Gasteiger partial charge in [-0.25, -0.2) is 0 Å². The van der Waals surface area contributed by atoms with E-state index in [4.69, 9.17) is 10.8 Å². The van der Waals surface area contributed by atoms with Gasteiger partial charge in [0.15, 0.2) is 0 Å². The molecule has 1 atom stereocenters. The van der Waals surface area contributed by atoms with Crippen LogP contribution >= 0.6 is 0 Å². The Balaban J connectivity index is 1.96. The molecule has 0 aliphatic carbocycles. The number of carbonyl (C=O) groups is 2. The first-order valence-electron chi connectivity index (χ1n) is 6.41. The van der Waals surface area contributed by atoms with Crippen molar-refractivity contribution in [1.29, 1.82) is 0 Å². The Morgan fingerprint density at radius 1 is 1.21 bits per heavy atom. The van der Waals surface area contributed by atoms with E-state index in [1.54, 1.807) is 4.90 Å². The number of carbonyl (C=O) groups excluding carboxylic acids is 1. The number of likely N-dealkylation sites (tertiary alicyclic amines) is 1. The van der Waals surface area contributed by atoms with Gasteiger partial charge in [-0.05, 0) is 18.4 Å². The number of hydrogen-bond acceptors (Lipinski definition) is 3. The fourth-order valence-corrected chi connectivity index (χ4v) is 2.35. The molecule has 0 saturated carbocycles. The van der Waals surface area contributed by atoms with Crippen molar-refractivity contribution in [3.8, 4) is 0 Å². The van der Waals surface area contributed by atoms with Crippen molar-refractivity contribution in [2.24, 2.45) is 11.7 Å². The van der Waals surface area contributed by atoms with Gasteiger partial charge in [-0.1, -0.05) is 30.3 Å². The van der Waals surface area contributed by atoms with Crippen molar-refractivity contribution in [1.82, 2.24) is 4.90 Å². The second-order valence-electron chi connectivity index (χ2n) is 4.83. The quantitative estimate of drug-likeness (QED) is 0.851. The molecule has 3 N–H and O–H groups in total. The molecule has 1 fully saturated rings. The molecule has 2 rings (SSSR count). The molecular formula is C14H18N2O3. The highest BCUT2D eigenvalue weighted by Crippen LogP contribution is 2.20. The molecule has 0 radical (unpaired) electrons. The summed E-state index contributed by atoms with van der Waals surface area (Å²) in [6.45, 7) is 0.937. The van der Waals surface area contributed by atoms with E-state index in [-0.39, 0.29) is 11.8 Å². The summed E-state index contributed by atoms with van der Waals surface area (Å²) >= 11 is 0. The van der Waals surface area contributed by atoms with E-state index in [0.29, 0.717) is 25.9 Å². The maximum atomic E-state index is 12.2. The van der Waals surface area contributed by atoms with Crippen LogP contribution < -0.4 is 5.73 Å². The summed E-state index contributed by atoms with van der Waals surface area (Å²) in [5.74, 6) is -1.24. The highest BCUT2D eigenvalue weighted by molar-refractivity contribution is 5.83. The number of carboxylic acid groups (broad SMARTS) is 1. The standard InChI is InChI=1S/C14H18N2O3/c15-12(10-4-2-1-3-5-10)13(17)16-8-6-11(7-9-16)14(18)19/h1-5,11-12H,6-9,15H2,(H,18,19)/t12-/m0/s1. The van der Waals surface area contributed by atoms with Crippen LogP contribution in [0.15, 0.2) is 30.3 Å². The topological polar surface area (TPSA) is 83.6 Å². The summed E-state index contributed by atoms with van der Waals surface area (Å²) in [4.78, 5) is 24.8. The lowest BCUT2D eigenvalue weighted by molar-refractivity contribution is -0.146. The molecule has 1 saturated heterocycles. The first-order valence-corrected chi connectivity index (χ1v) is 6.41. The van der Waals surface area contributed by atoms with Crippen LogP contribution in [-0.2, 0) is 9.59 Å². The average molecular weight is 262 g/mol. The molecule has 0 aromatic heterocycles. The predicted molar refractivity (Wildman–Crippen MR) is 70.3 cm³/mol. The molecule has 0 unspecified atom stereocenters. The van der Waals surface area contributed by atoms with E-state index in [1.165, 1.54) is 0 Å². The van der Waals surface area contributed by atoms with Gasteiger partial charge in [0.05, 0.1) is 5.92 Å². The molecule has 1 aromatic rings. The fourth-order valence-electron chi connectivity index (χ4n) is 2.35. The van der Waals surface area contributed by atoms with Crippen LogP contribution in [0.1, 0.15) is 24.4 Å². The molecular weight excluding hydrogens is 244 g/mol. The van der Waals surface area contributed by atoms with E-state index in [2.05, 4.69) is 0 Å². The summed E-state index contributed by atoms with van der Waals surface area (Å²) in [5, 5.41) is 8.92. The van der Waals surface area contributed by atoms with Gasteiger partial charge in [-0.2, -0.15) is 0 Å². The molecule has 1 aliphatic rings. The molecule has 0 spiro atoms. The van der Waals surface area contributed by atoms with Crippen LogP contribution in [0.5, 0.6) is 0 Å². The van der Waals surface area contributed by atoms with Crippen LogP contribution in [-0.4, -0.2) is 35.0 Å². The molecule has 1 amide bonds. The third-order valence-electron chi connectivity index (χ3n) is 3.58. The lowest BCUT2D eigenvalue weighted by atomic mass is 9.96. The Kier molecular flexibility index (Phi) is 4.16. The lowest BCUT2D eigenvalue weighted by Gasteiger charge is -2.32. The molecule has 19 heavy (non-hydrogen) atoms. The first kappa shape index (κ1) is 13.5. The molecule has 1 aromatic carbocycles. The molecule has 1 heterocycles. The molecule has 5 nitrogen and oxygen atoms in total. The summed E-state index contributed by atoms with van der Waals surface area (Å²) in [7, 11) is 0. The minimum absolute atomic E-state index is 0.130. The summed E-state index contributed by atoms with van der Waals surface area (Å²) in [6, 6.07) is 8.55. The van der Waals surface area contributed by atoms with E-state index in [9.17, 15) is 9.59 Å². The highest BCUT2D eigenvalue weighted by atomic mass is 16.4. The largest absolute Gasteiger partial charge is 0.481 e. The molecule has 5 heteroatoms. The van der Waals surface area contributed by atoms with Crippen molar-refractivity contribution in [2.45, 2.75) is 18.9 Å². The van der Waals surface area contributed by atoms with E-state index in [1.807, 2.05) is 30.3 Å². The number of piperidine rings is 1. The fraction of sp³-hybridized carbons (Fsp3) is 0.429. The Labute approximate surface area is 112 Å². The predicted octanol–water partition coefficient (Wildman–Crippen LogP) is 1.01. The van der Waals surface area contributed by atoms with Gasteiger partial charge in [-0.15, -0.1) is 0 Å². The Hall–Kier alpha value is -1.88. The van der Waals surface area contributed by atoms with Crippen molar-refractivity contribution >= 4 is 11.9 Å². The van der Waals surface area contributed by atoms with E-state index >= 15 is 0 Å². The monoisotopic (exact) mass is 262 g/mol. The molecule has 0 bridgehead atoms. The van der Waals surface area contributed by atoms with Crippen LogP contribution in [0.4, 0.5) is 0 Å². The molecule has 1 aliphatic heterocycles. The molecule has 102 valence electrons. The third-order valence-corrected chi connectivity index (χ3v) is 3.58. The zero-order valence-corrected chi connectivity index (χ0v) is 10.7. The summed E-state index contributed by atoms with van der Waals surface area (Å²) in [6.07, 6.45) is 1.01.